The third-order valence-corrected chi connectivity index (χ3v) is 7.52. The van der Waals surface area contributed by atoms with E-state index in [4.69, 9.17) is 9.47 Å². The summed E-state index contributed by atoms with van der Waals surface area (Å²) in [6, 6.07) is 8.66. The van der Waals surface area contributed by atoms with Crippen molar-refractivity contribution < 1.29 is 14.3 Å². The van der Waals surface area contributed by atoms with Crippen molar-refractivity contribution in [2.45, 2.75) is 56.4 Å². The van der Waals surface area contributed by atoms with Gasteiger partial charge >= 0.3 is 0 Å². The molecule has 33 heavy (non-hydrogen) atoms. The smallest absolute Gasteiger partial charge is 0.225 e. The van der Waals surface area contributed by atoms with Crippen molar-refractivity contribution in [1.82, 2.24) is 15.5 Å². The van der Waals surface area contributed by atoms with Gasteiger partial charge in [-0.05, 0) is 49.8 Å². The van der Waals surface area contributed by atoms with Gasteiger partial charge in [-0.15, -0.1) is 24.0 Å². The van der Waals surface area contributed by atoms with Gasteiger partial charge in [-0.3, -0.25) is 9.79 Å². The fraction of sp³-hybridized carbons (Fsp3) is 0.680. The maximum atomic E-state index is 12.8. The van der Waals surface area contributed by atoms with E-state index in [9.17, 15) is 4.79 Å². The summed E-state index contributed by atoms with van der Waals surface area (Å²) in [6.45, 7) is 3.94. The Morgan fingerprint density at radius 2 is 1.88 bits per heavy atom. The number of ether oxygens (including phenoxy) is 2. The third kappa shape index (κ3) is 6.32. The number of halogens is 1. The van der Waals surface area contributed by atoms with Crippen LogP contribution >= 0.6 is 24.0 Å². The predicted molar refractivity (Wildman–Crippen MR) is 142 cm³/mol. The molecular weight excluding hydrogens is 531 g/mol. The van der Waals surface area contributed by atoms with Crippen molar-refractivity contribution >= 4 is 35.8 Å². The molecule has 0 bridgehead atoms. The first-order valence-electron chi connectivity index (χ1n) is 12.1. The molecule has 4 rings (SSSR count). The number of aliphatic imine (C=N–C) groups is 1. The van der Waals surface area contributed by atoms with E-state index in [2.05, 4.69) is 32.7 Å². The zero-order valence-electron chi connectivity index (χ0n) is 20.0. The summed E-state index contributed by atoms with van der Waals surface area (Å²) < 4.78 is 11.0. The Balaban J connectivity index is 0.00000306. The quantitative estimate of drug-likeness (QED) is 0.312. The van der Waals surface area contributed by atoms with Crippen LogP contribution in [0.15, 0.2) is 29.3 Å². The molecule has 1 atom stereocenters. The first kappa shape index (κ1) is 26.1. The topological polar surface area (TPSA) is 75.2 Å². The van der Waals surface area contributed by atoms with Gasteiger partial charge in [0.25, 0.3) is 0 Å². The van der Waals surface area contributed by atoms with Crippen molar-refractivity contribution in [3.8, 4) is 5.75 Å². The summed E-state index contributed by atoms with van der Waals surface area (Å²) in [6.07, 6.45) is 7.43. The summed E-state index contributed by atoms with van der Waals surface area (Å²) >= 11 is 0. The molecule has 2 aliphatic heterocycles. The van der Waals surface area contributed by atoms with Crippen LogP contribution in [0.4, 0.5) is 0 Å². The average Bonchev–Trinajstić information content (AvgIpc) is 3.54. The zero-order valence-corrected chi connectivity index (χ0v) is 22.3. The Hall–Kier alpha value is -1.55. The predicted octanol–water partition coefficient (Wildman–Crippen LogP) is 3.32. The molecule has 1 aromatic carbocycles. The number of amides is 1. The maximum Gasteiger partial charge on any atom is 0.225 e. The molecule has 2 N–H and O–H groups in total. The number of rotatable bonds is 6. The van der Waals surface area contributed by atoms with Crippen molar-refractivity contribution in [2.75, 3.05) is 47.0 Å². The summed E-state index contributed by atoms with van der Waals surface area (Å²) in [5.41, 5.74) is 1.31. The maximum absolute atomic E-state index is 12.8. The van der Waals surface area contributed by atoms with E-state index in [1.165, 1.54) is 18.4 Å². The molecule has 0 spiro atoms. The molecule has 8 heteroatoms. The lowest BCUT2D eigenvalue weighted by molar-refractivity contribution is -0.134. The summed E-state index contributed by atoms with van der Waals surface area (Å²) in [7, 11) is 3.51. The number of guanidine groups is 1. The van der Waals surface area contributed by atoms with Crippen LogP contribution in [0.25, 0.3) is 0 Å². The molecule has 1 unspecified atom stereocenters. The molecule has 3 aliphatic rings. The molecule has 0 aromatic heterocycles. The molecule has 184 valence electrons. The average molecular weight is 571 g/mol. The Morgan fingerprint density at radius 1 is 1.18 bits per heavy atom. The van der Waals surface area contributed by atoms with Crippen LogP contribution in [0.1, 0.15) is 50.5 Å². The van der Waals surface area contributed by atoms with Crippen LogP contribution in [-0.2, 0) is 14.9 Å². The molecule has 2 saturated heterocycles. The molecule has 0 radical (unpaired) electrons. The number of nitrogens with one attached hydrogen (secondary N) is 2. The number of hydrogen-bond donors (Lipinski definition) is 2. The molecular formula is C25H39IN4O3. The van der Waals surface area contributed by atoms with Crippen LogP contribution in [0.3, 0.4) is 0 Å². The highest BCUT2D eigenvalue weighted by Gasteiger charge is 2.36. The monoisotopic (exact) mass is 570 g/mol. The van der Waals surface area contributed by atoms with Gasteiger partial charge in [-0.25, -0.2) is 0 Å². The fourth-order valence-corrected chi connectivity index (χ4v) is 5.42. The number of nitrogens with zero attached hydrogens (tertiary/aromatic N) is 2. The Bertz CT molecular complexity index is 789. The summed E-state index contributed by atoms with van der Waals surface area (Å²) in [5.74, 6) is 2.29. The number of hydrogen-bond acceptors (Lipinski definition) is 4. The Morgan fingerprint density at radius 3 is 2.52 bits per heavy atom. The van der Waals surface area contributed by atoms with Gasteiger partial charge in [0, 0.05) is 57.3 Å². The minimum atomic E-state index is 0. The molecule has 1 aliphatic carbocycles. The van der Waals surface area contributed by atoms with Crippen molar-refractivity contribution in [3.05, 3.63) is 29.8 Å². The van der Waals surface area contributed by atoms with Gasteiger partial charge in [-0.1, -0.05) is 25.0 Å². The fourth-order valence-electron chi connectivity index (χ4n) is 5.42. The number of carbonyl (C=O) groups excluding carboxylic acids is 1. The first-order valence-corrected chi connectivity index (χ1v) is 12.1. The molecule has 2 heterocycles. The highest BCUT2D eigenvalue weighted by Crippen LogP contribution is 2.35. The molecule has 1 amide bonds. The summed E-state index contributed by atoms with van der Waals surface area (Å²) in [4.78, 5) is 19.3. The van der Waals surface area contributed by atoms with Crippen molar-refractivity contribution in [1.29, 1.82) is 0 Å². The van der Waals surface area contributed by atoms with Crippen LogP contribution in [0, 0.1) is 5.92 Å². The summed E-state index contributed by atoms with van der Waals surface area (Å²) in [5, 5.41) is 7.14. The van der Waals surface area contributed by atoms with Gasteiger partial charge in [0.1, 0.15) is 5.75 Å². The zero-order chi connectivity index (χ0) is 22.4. The van der Waals surface area contributed by atoms with Gasteiger partial charge in [0.05, 0.1) is 7.11 Å². The van der Waals surface area contributed by atoms with Gasteiger partial charge < -0.3 is 25.0 Å². The van der Waals surface area contributed by atoms with E-state index in [-0.39, 0.29) is 41.4 Å². The van der Waals surface area contributed by atoms with E-state index in [0.29, 0.717) is 5.91 Å². The number of likely N-dealkylation sites (tertiary alicyclic amines) is 1. The lowest BCUT2D eigenvalue weighted by Crippen LogP contribution is -2.50. The second kappa shape index (κ2) is 12.2. The van der Waals surface area contributed by atoms with Crippen LogP contribution in [0.5, 0.6) is 5.75 Å². The minimum absolute atomic E-state index is 0. The molecule has 7 nitrogen and oxygen atoms in total. The number of benzene rings is 1. The minimum Gasteiger partial charge on any atom is -0.497 e. The second-order valence-corrected chi connectivity index (χ2v) is 9.44. The largest absolute Gasteiger partial charge is 0.497 e. The van der Waals surface area contributed by atoms with E-state index in [1.54, 1.807) is 7.11 Å². The van der Waals surface area contributed by atoms with Crippen LogP contribution < -0.4 is 15.4 Å². The van der Waals surface area contributed by atoms with Crippen LogP contribution in [-0.4, -0.2) is 69.8 Å². The van der Waals surface area contributed by atoms with Gasteiger partial charge in [-0.2, -0.15) is 0 Å². The van der Waals surface area contributed by atoms with E-state index in [1.807, 2.05) is 19.2 Å². The molecule has 3 fully saturated rings. The lowest BCUT2D eigenvalue weighted by atomic mass is 9.74. The second-order valence-electron chi connectivity index (χ2n) is 9.44. The van der Waals surface area contributed by atoms with Crippen molar-refractivity contribution in [2.24, 2.45) is 10.9 Å². The SMILES string of the molecule is CN=C(NCC1(c2ccc(OC)cc2)CCOCC1)NC1CCN(C(=O)C2CCCC2)C1.I. The number of carbonyl (C=O) groups is 1. The first-order chi connectivity index (χ1) is 15.6. The van der Waals surface area contributed by atoms with Gasteiger partial charge in [0.2, 0.25) is 5.91 Å². The normalized spacial score (nSPS) is 23.2. The third-order valence-electron chi connectivity index (χ3n) is 7.52. The van der Waals surface area contributed by atoms with Crippen molar-refractivity contribution in [3.63, 3.8) is 0 Å². The number of methoxy groups -OCH3 is 1. The standard InChI is InChI=1S/C25H38N4O3.HI/c1-26-24(28-21-11-14-29(17-21)23(30)19-5-3-4-6-19)27-18-25(12-15-32-16-13-25)20-7-9-22(31-2)10-8-20;/h7-10,19,21H,3-6,11-18H2,1-2H3,(H2,26,27,28);1H. The molecule has 1 saturated carbocycles. The van der Waals surface area contributed by atoms with E-state index >= 15 is 0 Å². The van der Waals surface area contributed by atoms with Gasteiger partial charge in [0.15, 0.2) is 5.96 Å². The van der Waals surface area contributed by atoms with E-state index < -0.39 is 0 Å². The molecule has 1 aromatic rings. The lowest BCUT2D eigenvalue weighted by Gasteiger charge is -2.38. The highest BCUT2D eigenvalue weighted by atomic mass is 127. The Kier molecular flexibility index (Phi) is 9.67. The van der Waals surface area contributed by atoms with E-state index in [0.717, 1.165) is 76.7 Å². The van der Waals surface area contributed by atoms with Crippen LogP contribution in [0.2, 0.25) is 0 Å². The Labute approximate surface area is 215 Å². The highest BCUT2D eigenvalue weighted by molar-refractivity contribution is 14.0.